The molecular weight excluding hydrogens is 290 g/mol. The number of hydrogen-bond donors (Lipinski definition) is 3. The molecule has 23 heavy (non-hydrogen) atoms. The average Bonchev–Trinajstić information content (AvgIpc) is 2.99. The topological polar surface area (TPSA) is 65.9 Å². The van der Waals surface area contributed by atoms with Crippen molar-refractivity contribution in [1.29, 1.82) is 0 Å². The van der Waals surface area contributed by atoms with Gasteiger partial charge in [0.25, 0.3) is 0 Å². The number of aliphatic imine (C=N–C) groups is 1. The maximum atomic E-state index is 10.4. The molecule has 0 unspecified atom stereocenters. The molecule has 1 aliphatic rings. The zero-order chi connectivity index (χ0) is 16.5. The molecule has 0 saturated heterocycles. The molecule has 0 amide bonds. The fraction of sp³-hybridized carbons (Fsp3) is 0.611. The summed E-state index contributed by atoms with van der Waals surface area (Å²) < 4.78 is 5.64. The number of benzene rings is 1. The molecule has 0 radical (unpaired) electrons. The van der Waals surface area contributed by atoms with Crippen molar-refractivity contribution >= 4 is 5.96 Å². The molecule has 3 N–H and O–H groups in total. The van der Waals surface area contributed by atoms with Crippen molar-refractivity contribution in [2.24, 2.45) is 4.99 Å². The van der Waals surface area contributed by atoms with Crippen LogP contribution in [0.15, 0.2) is 29.3 Å². The van der Waals surface area contributed by atoms with Crippen LogP contribution in [0.1, 0.15) is 45.1 Å². The number of guanidine groups is 1. The zero-order valence-corrected chi connectivity index (χ0v) is 14.3. The third-order valence-corrected chi connectivity index (χ3v) is 4.14. The highest BCUT2D eigenvalue weighted by molar-refractivity contribution is 5.79. The van der Waals surface area contributed by atoms with E-state index >= 15 is 0 Å². The molecule has 0 heterocycles. The number of rotatable bonds is 7. The summed E-state index contributed by atoms with van der Waals surface area (Å²) in [6.07, 6.45) is 3.94. The summed E-state index contributed by atoms with van der Waals surface area (Å²) >= 11 is 0. The Morgan fingerprint density at radius 2 is 1.96 bits per heavy atom. The minimum atomic E-state index is -0.584. The van der Waals surface area contributed by atoms with Crippen LogP contribution in [0.5, 0.6) is 5.75 Å². The highest BCUT2D eigenvalue weighted by Crippen LogP contribution is 2.28. The van der Waals surface area contributed by atoms with Crippen molar-refractivity contribution in [3.8, 4) is 5.75 Å². The first-order valence-electron chi connectivity index (χ1n) is 8.62. The molecule has 1 saturated carbocycles. The molecule has 5 heteroatoms. The van der Waals surface area contributed by atoms with E-state index in [9.17, 15) is 5.11 Å². The molecule has 0 atom stereocenters. The Morgan fingerprint density at radius 1 is 1.22 bits per heavy atom. The molecule has 2 rings (SSSR count). The molecule has 0 aromatic heterocycles. The summed E-state index contributed by atoms with van der Waals surface area (Å²) in [6, 6.07) is 7.96. The van der Waals surface area contributed by atoms with Gasteiger partial charge in [-0.2, -0.15) is 0 Å². The van der Waals surface area contributed by atoms with E-state index < -0.39 is 5.60 Å². The molecular formula is C18H29N3O2. The number of ether oxygens (including phenoxy) is 1. The van der Waals surface area contributed by atoms with E-state index in [-0.39, 0.29) is 0 Å². The molecule has 0 aliphatic heterocycles. The summed E-state index contributed by atoms with van der Waals surface area (Å²) in [5, 5.41) is 16.9. The van der Waals surface area contributed by atoms with Gasteiger partial charge in [0.2, 0.25) is 0 Å². The molecule has 5 nitrogen and oxygen atoms in total. The van der Waals surface area contributed by atoms with Crippen molar-refractivity contribution in [2.45, 2.75) is 51.7 Å². The van der Waals surface area contributed by atoms with E-state index in [0.29, 0.717) is 19.7 Å². The van der Waals surface area contributed by atoms with Gasteiger partial charge in [0.1, 0.15) is 5.75 Å². The van der Waals surface area contributed by atoms with Gasteiger partial charge in [-0.1, -0.05) is 31.0 Å². The summed E-state index contributed by atoms with van der Waals surface area (Å²) in [6.45, 7) is 6.54. The summed E-state index contributed by atoms with van der Waals surface area (Å²) in [5.41, 5.74) is 0.477. The van der Waals surface area contributed by atoms with Crippen LogP contribution < -0.4 is 15.4 Å². The van der Waals surface area contributed by atoms with Gasteiger partial charge >= 0.3 is 0 Å². The smallest absolute Gasteiger partial charge is 0.191 e. The van der Waals surface area contributed by atoms with Crippen LogP contribution in [-0.2, 0) is 6.54 Å². The van der Waals surface area contributed by atoms with Crippen LogP contribution in [0.25, 0.3) is 0 Å². The Hall–Kier alpha value is -1.75. The first-order chi connectivity index (χ1) is 11.2. The van der Waals surface area contributed by atoms with Gasteiger partial charge in [0.05, 0.1) is 18.8 Å². The zero-order valence-electron chi connectivity index (χ0n) is 14.3. The van der Waals surface area contributed by atoms with Gasteiger partial charge in [-0.05, 0) is 32.8 Å². The predicted octanol–water partition coefficient (Wildman–Crippen LogP) is 2.45. The lowest BCUT2D eigenvalue weighted by Gasteiger charge is -2.23. The monoisotopic (exact) mass is 319 g/mol. The molecule has 1 aromatic carbocycles. The van der Waals surface area contributed by atoms with E-state index in [1.165, 1.54) is 0 Å². The van der Waals surface area contributed by atoms with Crippen molar-refractivity contribution < 1.29 is 9.84 Å². The van der Waals surface area contributed by atoms with E-state index in [1.54, 1.807) is 0 Å². The van der Waals surface area contributed by atoms with Crippen LogP contribution in [0.2, 0.25) is 0 Å². The Kier molecular flexibility index (Phi) is 6.71. The van der Waals surface area contributed by atoms with Gasteiger partial charge in [0.15, 0.2) is 5.96 Å². The van der Waals surface area contributed by atoms with Crippen LogP contribution in [-0.4, -0.2) is 36.4 Å². The first-order valence-corrected chi connectivity index (χ1v) is 8.62. The Balaban J connectivity index is 1.98. The van der Waals surface area contributed by atoms with E-state index in [1.807, 2.05) is 38.1 Å². The third-order valence-electron chi connectivity index (χ3n) is 4.14. The van der Waals surface area contributed by atoms with Crippen LogP contribution in [0.3, 0.4) is 0 Å². The van der Waals surface area contributed by atoms with Crippen LogP contribution >= 0.6 is 0 Å². The van der Waals surface area contributed by atoms with Crippen molar-refractivity contribution in [3.05, 3.63) is 29.8 Å². The van der Waals surface area contributed by atoms with Gasteiger partial charge in [-0.3, -0.25) is 0 Å². The van der Waals surface area contributed by atoms with Gasteiger partial charge < -0.3 is 20.5 Å². The lowest BCUT2D eigenvalue weighted by Crippen LogP contribution is -2.46. The molecule has 1 aromatic rings. The highest BCUT2D eigenvalue weighted by Gasteiger charge is 2.30. The lowest BCUT2D eigenvalue weighted by atomic mass is 10.0. The summed E-state index contributed by atoms with van der Waals surface area (Å²) in [5.74, 6) is 1.61. The minimum absolute atomic E-state index is 0.546. The Labute approximate surface area is 139 Å². The van der Waals surface area contributed by atoms with Gasteiger partial charge in [-0.25, -0.2) is 4.99 Å². The van der Waals surface area contributed by atoms with Crippen molar-refractivity contribution in [2.75, 3.05) is 19.7 Å². The highest BCUT2D eigenvalue weighted by atomic mass is 16.5. The normalized spacial score (nSPS) is 17.1. The standard InChI is InChI=1S/C18H29N3O2/c1-3-19-17(21-14-18(22)11-7-8-12-18)20-13-15-9-5-6-10-16(15)23-4-2/h5-6,9-10,22H,3-4,7-8,11-14H2,1-2H3,(H2,19,20,21). The second kappa shape index (κ2) is 8.77. The number of aliphatic hydroxyl groups is 1. The number of nitrogens with zero attached hydrogens (tertiary/aromatic N) is 1. The lowest BCUT2D eigenvalue weighted by molar-refractivity contribution is 0.0522. The second-order valence-corrected chi connectivity index (χ2v) is 6.02. The quantitative estimate of drug-likeness (QED) is 0.533. The average molecular weight is 319 g/mol. The van der Waals surface area contributed by atoms with E-state index in [2.05, 4.69) is 15.6 Å². The molecule has 1 fully saturated rings. The molecule has 1 aliphatic carbocycles. The second-order valence-electron chi connectivity index (χ2n) is 6.02. The Bertz CT molecular complexity index is 511. The predicted molar refractivity (Wildman–Crippen MR) is 93.8 cm³/mol. The van der Waals surface area contributed by atoms with Crippen LogP contribution in [0, 0.1) is 0 Å². The summed E-state index contributed by atoms with van der Waals surface area (Å²) in [7, 11) is 0. The molecule has 0 spiro atoms. The number of para-hydroxylation sites is 1. The summed E-state index contributed by atoms with van der Waals surface area (Å²) in [4.78, 5) is 4.62. The third kappa shape index (κ3) is 5.43. The maximum absolute atomic E-state index is 10.4. The van der Waals surface area contributed by atoms with Crippen LogP contribution in [0.4, 0.5) is 0 Å². The number of nitrogens with one attached hydrogen (secondary N) is 2. The number of hydrogen-bond acceptors (Lipinski definition) is 3. The SMILES string of the molecule is CCNC(=NCc1ccccc1OCC)NCC1(O)CCCC1. The maximum Gasteiger partial charge on any atom is 0.191 e. The minimum Gasteiger partial charge on any atom is -0.494 e. The van der Waals surface area contributed by atoms with Gasteiger partial charge in [-0.15, -0.1) is 0 Å². The van der Waals surface area contributed by atoms with Crippen molar-refractivity contribution in [3.63, 3.8) is 0 Å². The van der Waals surface area contributed by atoms with E-state index in [0.717, 1.165) is 49.5 Å². The van der Waals surface area contributed by atoms with E-state index in [4.69, 9.17) is 4.74 Å². The fourth-order valence-corrected chi connectivity index (χ4v) is 2.89. The first kappa shape index (κ1) is 17.6. The molecule has 0 bridgehead atoms. The van der Waals surface area contributed by atoms with Gasteiger partial charge in [0, 0.05) is 18.7 Å². The fourth-order valence-electron chi connectivity index (χ4n) is 2.89. The Morgan fingerprint density at radius 3 is 2.65 bits per heavy atom. The van der Waals surface area contributed by atoms with Crippen molar-refractivity contribution in [1.82, 2.24) is 10.6 Å². The molecule has 128 valence electrons. The largest absolute Gasteiger partial charge is 0.494 e.